The summed E-state index contributed by atoms with van der Waals surface area (Å²) >= 11 is 0. The minimum Gasteiger partial charge on any atom is -0.490 e. The normalized spacial score (nSPS) is 30.2. The Morgan fingerprint density at radius 2 is 2.22 bits per heavy atom. The molecule has 0 radical (unpaired) electrons. The number of aryl methyl sites for hydroxylation is 1. The van der Waals surface area contributed by atoms with E-state index in [1.54, 1.807) is 0 Å². The Morgan fingerprint density at radius 3 is 3.06 bits per heavy atom. The van der Waals surface area contributed by atoms with Crippen molar-refractivity contribution in [1.29, 1.82) is 0 Å². The SMILES string of the molecule is CNC1CCCC1CC1Cc2cc(C)ccc2O1. The van der Waals surface area contributed by atoms with Crippen molar-refractivity contribution in [3.05, 3.63) is 29.3 Å². The molecule has 18 heavy (non-hydrogen) atoms. The van der Waals surface area contributed by atoms with Gasteiger partial charge in [-0.3, -0.25) is 0 Å². The van der Waals surface area contributed by atoms with Crippen molar-refractivity contribution in [2.45, 2.75) is 51.2 Å². The van der Waals surface area contributed by atoms with Crippen LogP contribution in [0.3, 0.4) is 0 Å². The molecule has 0 bridgehead atoms. The fraction of sp³-hybridized carbons (Fsp3) is 0.625. The molecule has 0 amide bonds. The van der Waals surface area contributed by atoms with Gasteiger partial charge in [0, 0.05) is 12.5 Å². The lowest BCUT2D eigenvalue weighted by Crippen LogP contribution is -2.32. The maximum absolute atomic E-state index is 6.09. The van der Waals surface area contributed by atoms with Crippen LogP contribution >= 0.6 is 0 Å². The quantitative estimate of drug-likeness (QED) is 0.883. The van der Waals surface area contributed by atoms with Crippen molar-refractivity contribution in [2.75, 3.05) is 7.05 Å². The first-order valence-electron chi connectivity index (χ1n) is 7.19. The van der Waals surface area contributed by atoms with Crippen molar-refractivity contribution in [2.24, 2.45) is 5.92 Å². The Hall–Kier alpha value is -1.02. The van der Waals surface area contributed by atoms with Crippen LogP contribution in [0.25, 0.3) is 0 Å². The van der Waals surface area contributed by atoms with E-state index >= 15 is 0 Å². The molecule has 1 aliphatic carbocycles. The van der Waals surface area contributed by atoms with Gasteiger partial charge in [-0.25, -0.2) is 0 Å². The molecule has 1 fully saturated rings. The van der Waals surface area contributed by atoms with E-state index < -0.39 is 0 Å². The lowest BCUT2D eigenvalue weighted by atomic mass is 9.94. The molecular formula is C16H23NO. The van der Waals surface area contributed by atoms with Crippen molar-refractivity contribution in [1.82, 2.24) is 5.32 Å². The lowest BCUT2D eigenvalue weighted by molar-refractivity contribution is 0.185. The van der Waals surface area contributed by atoms with E-state index in [4.69, 9.17) is 4.74 Å². The summed E-state index contributed by atoms with van der Waals surface area (Å²) in [4.78, 5) is 0. The Balaban J connectivity index is 1.64. The van der Waals surface area contributed by atoms with Crippen molar-refractivity contribution in [3.63, 3.8) is 0 Å². The van der Waals surface area contributed by atoms with Gasteiger partial charge in [0.15, 0.2) is 0 Å². The zero-order valence-corrected chi connectivity index (χ0v) is 11.4. The minimum atomic E-state index is 0.403. The van der Waals surface area contributed by atoms with Crippen LogP contribution in [0.5, 0.6) is 5.75 Å². The van der Waals surface area contributed by atoms with Crippen LogP contribution in [-0.2, 0) is 6.42 Å². The average molecular weight is 245 g/mol. The summed E-state index contributed by atoms with van der Waals surface area (Å²) in [5, 5.41) is 3.46. The third-order valence-corrected chi connectivity index (χ3v) is 4.55. The summed E-state index contributed by atoms with van der Waals surface area (Å²) in [6, 6.07) is 7.26. The number of benzene rings is 1. The maximum atomic E-state index is 6.09. The van der Waals surface area contributed by atoms with Crippen molar-refractivity contribution in [3.8, 4) is 5.75 Å². The molecule has 1 saturated carbocycles. The number of ether oxygens (including phenoxy) is 1. The Kier molecular flexibility index (Phi) is 3.29. The van der Waals surface area contributed by atoms with Crippen LogP contribution in [0.1, 0.15) is 36.8 Å². The molecule has 1 heterocycles. The van der Waals surface area contributed by atoms with E-state index in [2.05, 4.69) is 37.5 Å². The molecule has 2 aliphatic rings. The highest BCUT2D eigenvalue weighted by Gasteiger charge is 2.31. The topological polar surface area (TPSA) is 21.3 Å². The van der Waals surface area contributed by atoms with Crippen molar-refractivity contribution < 1.29 is 4.74 Å². The van der Waals surface area contributed by atoms with Crippen LogP contribution < -0.4 is 10.1 Å². The summed E-state index contributed by atoms with van der Waals surface area (Å²) in [6.45, 7) is 2.15. The summed E-state index contributed by atoms with van der Waals surface area (Å²) in [5.41, 5.74) is 2.74. The van der Waals surface area contributed by atoms with Gasteiger partial charge in [0.05, 0.1) is 0 Å². The molecule has 0 aromatic heterocycles. The summed E-state index contributed by atoms with van der Waals surface area (Å²) in [6.07, 6.45) is 6.78. The van der Waals surface area contributed by atoms with Gasteiger partial charge in [-0.1, -0.05) is 24.1 Å². The number of fused-ring (bicyclic) bond motifs is 1. The van der Waals surface area contributed by atoms with Crippen LogP contribution in [0.4, 0.5) is 0 Å². The third kappa shape index (κ3) is 2.26. The first kappa shape index (κ1) is 12.0. The number of hydrogen-bond donors (Lipinski definition) is 1. The molecular weight excluding hydrogens is 222 g/mol. The predicted molar refractivity (Wildman–Crippen MR) is 74.1 cm³/mol. The zero-order chi connectivity index (χ0) is 12.5. The molecule has 1 aliphatic heterocycles. The second kappa shape index (κ2) is 4.93. The van der Waals surface area contributed by atoms with Crippen LogP contribution in [0, 0.1) is 12.8 Å². The second-order valence-electron chi connectivity index (χ2n) is 5.88. The first-order valence-corrected chi connectivity index (χ1v) is 7.19. The fourth-order valence-electron chi connectivity index (χ4n) is 3.62. The average Bonchev–Trinajstić information content (AvgIpc) is 2.94. The Morgan fingerprint density at radius 1 is 1.33 bits per heavy atom. The Bertz CT molecular complexity index is 429. The number of rotatable bonds is 3. The number of hydrogen-bond acceptors (Lipinski definition) is 2. The first-order chi connectivity index (χ1) is 8.76. The summed E-state index contributed by atoms with van der Waals surface area (Å²) in [7, 11) is 2.09. The molecule has 1 N–H and O–H groups in total. The zero-order valence-electron chi connectivity index (χ0n) is 11.4. The van der Waals surface area contributed by atoms with E-state index in [-0.39, 0.29) is 0 Å². The summed E-state index contributed by atoms with van der Waals surface area (Å²) in [5.74, 6) is 1.92. The van der Waals surface area contributed by atoms with E-state index in [1.165, 1.54) is 36.8 Å². The van der Waals surface area contributed by atoms with Gasteiger partial charge in [-0.2, -0.15) is 0 Å². The van der Waals surface area contributed by atoms with Gasteiger partial charge in [-0.15, -0.1) is 0 Å². The molecule has 3 atom stereocenters. The monoisotopic (exact) mass is 245 g/mol. The standard InChI is InChI=1S/C16H23NO/c1-11-6-7-16-13(8-11)10-14(18-16)9-12-4-3-5-15(12)17-2/h6-8,12,14-15,17H,3-5,9-10H2,1-2H3. The van der Waals surface area contributed by atoms with Crippen LogP contribution in [0.2, 0.25) is 0 Å². The molecule has 98 valence electrons. The van der Waals surface area contributed by atoms with Crippen LogP contribution in [0.15, 0.2) is 18.2 Å². The van der Waals surface area contributed by atoms with E-state index in [0.29, 0.717) is 12.1 Å². The van der Waals surface area contributed by atoms with Gasteiger partial charge >= 0.3 is 0 Å². The molecule has 1 aromatic carbocycles. The molecule has 0 spiro atoms. The predicted octanol–water partition coefficient (Wildman–Crippen LogP) is 3.08. The van der Waals surface area contributed by atoms with Gasteiger partial charge in [0.25, 0.3) is 0 Å². The lowest BCUT2D eigenvalue weighted by Gasteiger charge is -2.22. The summed E-state index contributed by atoms with van der Waals surface area (Å²) < 4.78 is 6.09. The van der Waals surface area contributed by atoms with E-state index in [1.807, 2.05) is 0 Å². The van der Waals surface area contributed by atoms with Gasteiger partial charge < -0.3 is 10.1 Å². The third-order valence-electron chi connectivity index (χ3n) is 4.55. The largest absolute Gasteiger partial charge is 0.490 e. The highest BCUT2D eigenvalue weighted by molar-refractivity contribution is 5.40. The maximum Gasteiger partial charge on any atom is 0.123 e. The van der Waals surface area contributed by atoms with Crippen molar-refractivity contribution >= 4 is 0 Å². The fourth-order valence-corrected chi connectivity index (χ4v) is 3.62. The van der Waals surface area contributed by atoms with Gasteiger partial charge in [-0.05, 0) is 50.8 Å². The minimum absolute atomic E-state index is 0.403. The van der Waals surface area contributed by atoms with Crippen LogP contribution in [-0.4, -0.2) is 19.2 Å². The number of nitrogens with one attached hydrogen (secondary N) is 1. The van der Waals surface area contributed by atoms with Gasteiger partial charge in [0.2, 0.25) is 0 Å². The Labute approximate surface area is 110 Å². The highest BCUT2D eigenvalue weighted by atomic mass is 16.5. The smallest absolute Gasteiger partial charge is 0.123 e. The molecule has 2 heteroatoms. The molecule has 3 rings (SSSR count). The molecule has 2 nitrogen and oxygen atoms in total. The second-order valence-corrected chi connectivity index (χ2v) is 5.88. The van der Waals surface area contributed by atoms with Gasteiger partial charge in [0.1, 0.15) is 11.9 Å². The molecule has 1 aromatic rings. The highest BCUT2D eigenvalue weighted by Crippen LogP contribution is 2.36. The molecule has 3 unspecified atom stereocenters. The van der Waals surface area contributed by atoms with E-state index in [9.17, 15) is 0 Å². The van der Waals surface area contributed by atoms with E-state index in [0.717, 1.165) is 18.1 Å². The molecule has 0 saturated heterocycles.